The van der Waals surface area contributed by atoms with Crippen molar-refractivity contribution in [1.82, 2.24) is 9.55 Å². The van der Waals surface area contributed by atoms with Crippen LogP contribution >= 0.6 is 11.6 Å². The largest absolute Gasteiger partial charge is 0.469 e. The van der Waals surface area contributed by atoms with Crippen molar-refractivity contribution in [3.63, 3.8) is 0 Å². The van der Waals surface area contributed by atoms with E-state index in [1.54, 1.807) is 6.26 Å². The standard InChI is InChI=1S/C14H13ClN2O/c1-17-13-6-4-10(15)9-12(13)16-14(17)7-5-11-3-2-8-18-11/h2-4,6,8-9H,5,7H2,1H3. The molecule has 0 N–H and O–H groups in total. The summed E-state index contributed by atoms with van der Waals surface area (Å²) in [5.74, 6) is 2.03. The second-order valence-electron chi connectivity index (χ2n) is 4.30. The second-order valence-corrected chi connectivity index (χ2v) is 4.74. The molecule has 18 heavy (non-hydrogen) atoms. The fraction of sp³-hybridized carbons (Fsp3) is 0.214. The Labute approximate surface area is 110 Å². The third-order valence-electron chi connectivity index (χ3n) is 3.11. The molecule has 0 saturated carbocycles. The summed E-state index contributed by atoms with van der Waals surface area (Å²) in [5, 5.41) is 0.721. The summed E-state index contributed by atoms with van der Waals surface area (Å²) < 4.78 is 7.44. The van der Waals surface area contributed by atoms with E-state index in [0.717, 1.165) is 40.5 Å². The van der Waals surface area contributed by atoms with Crippen LogP contribution in [0.25, 0.3) is 11.0 Å². The number of hydrogen-bond donors (Lipinski definition) is 0. The van der Waals surface area contributed by atoms with Gasteiger partial charge in [-0.15, -0.1) is 0 Å². The minimum atomic E-state index is 0.721. The number of aromatic nitrogens is 2. The molecule has 0 atom stereocenters. The summed E-state index contributed by atoms with van der Waals surface area (Å²) in [6.45, 7) is 0. The monoisotopic (exact) mass is 260 g/mol. The third-order valence-corrected chi connectivity index (χ3v) is 3.35. The first kappa shape index (κ1) is 11.4. The van der Waals surface area contributed by atoms with Gasteiger partial charge in [0.05, 0.1) is 17.3 Å². The molecule has 0 bridgehead atoms. The highest BCUT2D eigenvalue weighted by molar-refractivity contribution is 6.31. The predicted molar refractivity (Wildman–Crippen MR) is 71.8 cm³/mol. The smallest absolute Gasteiger partial charge is 0.110 e. The van der Waals surface area contributed by atoms with E-state index in [4.69, 9.17) is 16.0 Å². The molecule has 92 valence electrons. The second kappa shape index (κ2) is 4.50. The van der Waals surface area contributed by atoms with Gasteiger partial charge in [-0.1, -0.05) is 11.6 Å². The van der Waals surface area contributed by atoms with E-state index in [2.05, 4.69) is 9.55 Å². The Bertz CT molecular complexity index is 670. The van der Waals surface area contributed by atoms with Crippen molar-refractivity contribution in [3.8, 4) is 0 Å². The molecule has 1 aromatic carbocycles. The van der Waals surface area contributed by atoms with Crippen molar-refractivity contribution in [2.45, 2.75) is 12.8 Å². The Hall–Kier alpha value is -1.74. The number of hydrogen-bond acceptors (Lipinski definition) is 2. The third kappa shape index (κ3) is 2.02. The molecule has 2 aromatic heterocycles. The average molecular weight is 261 g/mol. The molecular weight excluding hydrogens is 248 g/mol. The van der Waals surface area contributed by atoms with Gasteiger partial charge in [-0.25, -0.2) is 4.98 Å². The first-order chi connectivity index (χ1) is 8.74. The summed E-state index contributed by atoms with van der Waals surface area (Å²) in [5.41, 5.74) is 2.05. The van der Waals surface area contributed by atoms with Crippen LogP contribution in [0, 0.1) is 0 Å². The topological polar surface area (TPSA) is 31.0 Å². The fourth-order valence-electron chi connectivity index (χ4n) is 2.14. The molecule has 2 heterocycles. The van der Waals surface area contributed by atoms with Crippen molar-refractivity contribution in [2.75, 3.05) is 0 Å². The number of halogens is 1. The van der Waals surface area contributed by atoms with Gasteiger partial charge >= 0.3 is 0 Å². The molecule has 0 saturated heterocycles. The van der Waals surface area contributed by atoms with E-state index in [1.807, 2.05) is 37.4 Å². The zero-order chi connectivity index (χ0) is 12.5. The van der Waals surface area contributed by atoms with Crippen LogP contribution in [0.4, 0.5) is 0 Å². The minimum Gasteiger partial charge on any atom is -0.469 e. The van der Waals surface area contributed by atoms with Crippen LogP contribution in [0.15, 0.2) is 41.0 Å². The Morgan fingerprint density at radius 3 is 2.94 bits per heavy atom. The molecule has 0 unspecified atom stereocenters. The maximum Gasteiger partial charge on any atom is 0.110 e. The average Bonchev–Trinajstić information content (AvgIpc) is 2.95. The molecule has 3 rings (SSSR count). The van der Waals surface area contributed by atoms with Crippen LogP contribution in [-0.2, 0) is 19.9 Å². The normalized spacial score (nSPS) is 11.2. The van der Waals surface area contributed by atoms with Gasteiger partial charge in [0, 0.05) is 24.9 Å². The van der Waals surface area contributed by atoms with Crippen LogP contribution in [0.1, 0.15) is 11.6 Å². The van der Waals surface area contributed by atoms with E-state index >= 15 is 0 Å². The van der Waals surface area contributed by atoms with Crippen molar-refractivity contribution in [2.24, 2.45) is 7.05 Å². The summed E-state index contributed by atoms with van der Waals surface area (Å²) in [4.78, 5) is 4.61. The Morgan fingerprint density at radius 2 is 2.17 bits per heavy atom. The van der Waals surface area contributed by atoms with E-state index in [0.29, 0.717) is 0 Å². The molecule has 0 spiro atoms. The zero-order valence-electron chi connectivity index (χ0n) is 10.1. The molecule has 0 aliphatic heterocycles. The number of rotatable bonds is 3. The van der Waals surface area contributed by atoms with E-state index in [-0.39, 0.29) is 0 Å². The van der Waals surface area contributed by atoms with Gasteiger partial charge in [-0.3, -0.25) is 0 Å². The Kier molecular flexibility index (Phi) is 2.84. The molecule has 3 nitrogen and oxygen atoms in total. The summed E-state index contributed by atoms with van der Waals surface area (Å²) in [6.07, 6.45) is 3.41. The number of aryl methyl sites for hydroxylation is 3. The first-order valence-corrected chi connectivity index (χ1v) is 6.25. The van der Waals surface area contributed by atoms with E-state index < -0.39 is 0 Å². The van der Waals surface area contributed by atoms with Gasteiger partial charge in [0.15, 0.2) is 0 Å². The maximum absolute atomic E-state index is 5.97. The highest BCUT2D eigenvalue weighted by atomic mass is 35.5. The van der Waals surface area contributed by atoms with E-state index in [9.17, 15) is 0 Å². The number of fused-ring (bicyclic) bond motifs is 1. The first-order valence-electron chi connectivity index (χ1n) is 5.87. The van der Waals surface area contributed by atoms with Gasteiger partial charge in [-0.2, -0.15) is 0 Å². The Morgan fingerprint density at radius 1 is 1.28 bits per heavy atom. The van der Waals surface area contributed by atoms with Crippen molar-refractivity contribution < 1.29 is 4.42 Å². The Balaban J connectivity index is 1.90. The van der Waals surface area contributed by atoms with Gasteiger partial charge < -0.3 is 8.98 Å². The number of benzene rings is 1. The summed E-state index contributed by atoms with van der Waals surface area (Å²) in [7, 11) is 2.03. The fourth-order valence-corrected chi connectivity index (χ4v) is 2.30. The zero-order valence-corrected chi connectivity index (χ0v) is 10.8. The van der Waals surface area contributed by atoms with Crippen molar-refractivity contribution in [3.05, 3.63) is 53.2 Å². The van der Waals surface area contributed by atoms with Crippen LogP contribution in [-0.4, -0.2) is 9.55 Å². The molecular formula is C14H13ClN2O. The quantitative estimate of drug-likeness (QED) is 0.720. The molecule has 0 radical (unpaired) electrons. The van der Waals surface area contributed by atoms with Crippen molar-refractivity contribution in [1.29, 1.82) is 0 Å². The van der Waals surface area contributed by atoms with Crippen LogP contribution in [0.5, 0.6) is 0 Å². The minimum absolute atomic E-state index is 0.721. The van der Waals surface area contributed by atoms with Crippen molar-refractivity contribution >= 4 is 22.6 Å². The number of nitrogens with zero attached hydrogens (tertiary/aromatic N) is 2. The van der Waals surface area contributed by atoms with Crippen LogP contribution < -0.4 is 0 Å². The van der Waals surface area contributed by atoms with Crippen LogP contribution in [0.3, 0.4) is 0 Å². The predicted octanol–water partition coefficient (Wildman–Crippen LogP) is 3.60. The highest BCUT2D eigenvalue weighted by Gasteiger charge is 2.08. The molecule has 3 aromatic rings. The molecule has 0 fully saturated rings. The van der Waals surface area contributed by atoms with Crippen LogP contribution in [0.2, 0.25) is 5.02 Å². The number of imidazole rings is 1. The summed E-state index contributed by atoms with van der Waals surface area (Å²) in [6, 6.07) is 9.68. The molecule has 0 amide bonds. The molecule has 0 aliphatic rings. The lowest BCUT2D eigenvalue weighted by molar-refractivity contribution is 0.505. The van der Waals surface area contributed by atoms with Gasteiger partial charge in [0.25, 0.3) is 0 Å². The van der Waals surface area contributed by atoms with E-state index in [1.165, 1.54) is 0 Å². The maximum atomic E-state index is 5.97. The lowest BCUT2D eigenvalue weighted by Gasteiger charge is -2.00. The van der Waals surface area contributed by atoms with Gasteiger partial charge in [0.1, 0.15) is 11.6 Å². The van der Waals surface area contributed by atoms with Gasteiger partial charge in [-0.05, 0) is 30.3 Å². The van der Waals surface area contributed by atoms with Gasteiger partial charge in [0.2, 0.25) is 0 Å². The lowest BCUT2D eigenvalue weighted by atomic mass is 10.2. The number of furan rings is 1. The molecule has 4 heteroatoms. The molecule has 0 aliphatic carbocycles. The lowest BCUT2D eigenvalue weighted by Crippen LogP contribution is -1.99. The summed E-state index contributed by atoms with van der Waals surface area (Å²) >= 11 is 5.97. The SMILES string of the molecule is Cn1c(CCc2ccco2)nc2cc(Cl)ccc21. The highest BCUT2D eigenvalue weighted by Crippen LogP contribution is 2.20.